The molecule has 1 N–H and O–H groups in total. The predicted octanol–water partition coefficient (Wildman–Crippen LogP) is 5.27. The maximum Gasteiger partial charge on any atom is 0.228 e. The molecule has 1 aliphatic rings. The van der Waals surface area contributed by atoms with Crippen LogP contribution in [-0.2, 0) is 9.22 Å². The molecule has 3 nitrogen and oxygen atoms in total. The first-order valence-electron chi connectivity index (χ1n) is 9.19. The molecule has 6 heteroatoms. The number of thiocarbonyl (C=S) groups is 1. The number of hydrogen-bond donors (Lipinski definition) is 1. The van der Waals surface area contributed by atoms with Crippen molar-refractivity contribution in [3.63, 3.8) is 0 Å². The first kappa shape index (κ1) is 21.6. The van der Waals surface area contributed by atoms with Crippen LogP contribution in [0.1, 0.15) is 34.6 Å². The average molecular weight is 410 g/mol. The number of β-lactam (4-membered cyclic amide) rings is 1. The van der Waals surface area contributed by atoms with Crippen LogP contribution in [0.5, 0.6) is 0 Å². The van der Waals surface area contributed by atoms with Gasteiger partial charge in [-0.1, -0.05) is 69.9 Å². The van der Waals surface area contributed by atoms with Gasteiger partial charge in [0, 0.05) is 10.8 Å². The summed E-state index contributed by atoms with van der Waals surface area (Å²) >= 11 is 7.27. The molecule has 0 radical (unpaired) electrons. The summed E-state index contributed by atoms with van der Waals surface area (Å²) in [6, 6.07) is 10.2. The highest BCUT2D eigenvalue weighted by Crippen LogP contribution is 2.40. The Labute approximate surface area is 168 Å². The molecule has 144 valence electrons. The van der Waals surface area contributed by atoms with Crippen molar-refractivity contribution in [1.82, 2.24) is 5.32 Å². The average Bonchev–Trinajstić information content (AvgIpc) is 2.50. The Morgan fingerprint density at radius 1 is 1.23 bits per heavy atom. The van der Waals surface area contributed by atoms with Crippen molar-refractivity contribution in [2.24, 2.45) is 11.8 Å². The quantitative estimate of drug-likeness (QED) is 0.301. The van der Waals surface area contributed by atoms with Gasteiger partial charge in [0.1, 0.15) is 0 Å². The molecule has 1 aromatic rings. The monoisotopic (exact) mass is 409 g/mol. The minimum absolute atomic E-state index is 0.0472. The number of benzene rings is 1. The Morgan fingerprint density at radius 2 is 1.81 bits per heavy atom. The second-order valence-corrected chi connectivity index (χ2v) is 15.2. The smallest absolute Gasteiger partial charge is 0.228 e. The van der Waals surface area contributed by atoms with E-state index in [1.54, 1.807) is 11.8 Å². The Bertz CT molecular complexity index is 658. The fourth-order valence-electron chi connectivity index (χ4n) is 2.92. The fraction of sp³-hybridized carbons (Fsp3) is 0.600. The zero-order valence-electron chi connectivity index (χ0n) is 16.8. The molecular formula is C20H31NO2S2Si. The molecule has 1 fully saturated rings. The first-order valence-corrected chi connectivity index (χ1v) is 13.3. The number of carbonyl (C=O) groups excluding carboxylic acids is 1. The van der Waals surface area contributed by atoms with Gasteiger partial charge in [0.05, 0.1) is 22.3 Å². The summed E-state index contributed by atoms with van der Waals surface area (Å²) in [5.74, 6) is 0.0670. The van der Waals surface area contributed by atoms with Crippen molar-refractivity contribution in [3.8, 4) is 0 Å². The third kappa shape index (κ3) is 4.77. The van der Waals surface area contributed by atoms with Crippen molar-refractivity contribution < 1.29 is 9.22 Å². The van der Waals surface area contributed by atoms with Crippen LogP contribution in [0, 0.1) is 11.8 Å². The summed E-state index contributed by atoms with van der Waals surface area (Å²) in [6.07, 6.45) is -0.0957. The molecule has 2 rings (SSSR count). The lowest BCUT2D eigenvalue weighted by molar-refractivity contribution is -0.140. The number of carbonyl (C=O) groups is 1. The van der Waals surface area contributed by atoms with E-state index in [4.69, 9.17) is 16.6 Å². The molecular weight excluding hydrogens is 378 g/mol. The predicted molar refractivity (Wildman–Crippen MR) is 117 cm³/mol. The number of thioether (sulfide) groups is 1. The third-order valence-electron chi connectivity index (χ3n) is 5.66. The largest absolute Gasteiger partial charge is 0.413 e. The number of nitrogens with one attached hydrogen (secondary N) is 1. The second-order valence-electron chi connectivity index (χ2n) is 8.67. The van der Waals surface area contributed by atoms with Crippen LogP contribution < -0.4 is 5.32 Å². The zero-order valence-corrected chi connectivity index (χ0v) is 19.5. The summed E-state index contributed by atoms with van der Waals surface area (Å²) < 4.78 is 7.39. The number of amides is 1. The van der Waals surface area contributed by atoms with Gasteiger partial charge in [-0.3, -0.25) is 4.79 Å². The molecule has 4 atom stereocenters. The highest BCUT2D eigenvalue weighted by Gasteiger charge is 2.49. The van der Waals surface area contributed by atoms with Gasteiger partial charge in [-0.15, -0.1) is 0 Å². The van der Waals surface area contributed by atoms with E-state index in [1.807, 2.05) is 25.1 Å². The maximum absolute atomic E-state index is 12.3. The lowest BCUT2D eigenvalue weighted by Crippen LogP contribution is -2.66. The SMILES string of the molecule is C[C@H](C(=S)Sc1ccccc1)[C@H]1NC(=O)[C@@H]1[C@@H](C)O[Si](C)(C)C(C)(C)C. The molecule has 0 aliphatic carbocycles. The van der Waals surface area contributed by atoms with Crippen molar-refractivity contribution in [3.05, 3.63) is 30.3 Å². The van der Waals surface area contributed by atoms with Gasteiger partial charge < -0.3 is 9.74 Å². The number of rotatable bonds is 6. The minimum Gasteiger partial charge on any atom is -0.413 e. The van der Waals surface area contributed by atoms with E-state index in [-0.39, 0.29) is 34.9 Å². The summed E-state index contributed by atoms with van der Waals surface area (Å²) in [7, 11) is -1.91. The molecule has 26 heavy (non-hydrogen) atoms. The molecule has 0 unspecified atom stereocenters. The van der Waals surface area contributed by atoms with E-state index >= 15 is 0 Å². The zero-order chi connectivity index (χ0) is 19.7. The van der Waals surface area contributed by atoms with Crippen molar-refractivity contribution in [1.29, 1.82) is 0 Å². The van der Waals surface area contributed by atoms with Gasteiger partial charge in [-0.25, -0.2) is 0 Å². The molecule has 1 aliphatic heterocycles. The lowest BCUT2D eigenvalue weighted by atomic mass is 9.79. The van der Waals surface area contributed by atoms with Crippen LogP contribution in [0.4, 0.5) is 0 Å². The first-order chi connectivity index (χ1) is 11.9. The summed E-state index contributed by atoms with van der Waals surface area (Å²) in [6.45, 7) is 15.3. The molecule has 1 amide bonds. The Hall–Kier alpha value is -0.693. The third-order valence-corrected chi connectivity index (χ3v) is 11.9. The highest BCUT2D eigenvalue weighted by molar-refractivity contribution is 8.23. The van der Waals surface area contributed by atoms with E-state index in [0.29, 0.717) is 0 Å². The van der Waals surface area contributed by atoms with E-state index < -0.39 is 8.32 Å². The highest BCUT2D eigenvalue weighted by atomic mass is 32.2. The van der Waals surface area contributed by atoms with Crippen molar-refractivity contribution >= 4 is 42.4 Å². The van der Waals surface area contributed by atoms with E-state index in [0.717, 1.165) is 9.09 Å². The molecule has 0 aromatic heterocycles. The van der Waals surface area contributed by atoms with E-state index in [2.05, 4.69) is 58.2 Å². The van der Waals surface area contributed by atoms with Gasteiger partial charge in [0.15, 0.2) is 8.32 Å². The van der Waals surface area contributed by atoms with Gasteiger partial charge in [-0.05, 0) is 37.2 Å². The summed E-state index contributed by atoms with van der Waals surface area (Å²) in [5, 5.41) is 3.19. The molecule has 0 saturated carbocycles. The molecule has 0 spiro atoms. The van der Waals surface area contributed by atoms with Gasteiger partial charge in [-0.2, -0.15) is 0 Å². The summed E-state index contributed by atoms with van der Waals surface area (Å²) in [5.41, 5.74) is 0. The van der Waals surface area contributed by atoms with E-state index in [1.165, 1.54) is 0 Å². The van der Waals surface area contributed by atoms with Crippen LogP contribution in [0.15, 0.2) is 35.2 Å². The molecule has 0 bridgehead atoms. The Kier molecular flexibility index (Phi) is 6.75. The fourth-order valence-corrected chi connectivity index (χ4v) is 5.64. The van der Waals surface area contributed by atoms with Crippen LogP contribution in [0.3, 0.4) is 0 Å². The lowest BCUT2D eigenvalue weighted by Gasteiger charge is -2.47. The maximum atomic E-state index is 12.3. The minimum atomic E-state index is -1.91. The molecule has 1 saturated heterocycles. The normalized spacial score (nSPS) is 23.0. The van der Waals surface area contributed by atoms with Crippen LogP contribution in [0.2, 0.25) is 18.1 Å². The van der Waals surface area contributed by atoms with Gasteiger partial charge >= 0.3 is 0 Å². The topological polar surface area (TPSA) is 38.3 Å². The van der Waals surface area contributed by atoms with Crippen LogP contribution in [0.25, 0.3) is 0 Å². The number of hydrogen-bond acceptors (Lipinski definition) is 4. The standard InChI is InChI=1S/C20H31NO2S2Si/c1-13(19(24)25-15-11-9-8-10-12-15)17-16(18(22)21-17)14(2)23-26(6,7)20(3,4)5/h8-14,16-17H,1-7H3,(H,21,22)/t13-,14+,16+,17+/m0/s1. The van der Waals surface area contributed by atoms with Crippen molar-refractivity contribution in [2.45, 2.75) is 69.8 Å². The Morgan fingerprint density at radius 3 is 2.31 bits per heavy atom. The second kappa shape index (κ2) is 8.13. The summed E-state index contributed by atoms with van der Waals surface area (Å²) in [4.78, 5) is 13.4. The van der Waals surface area contributed by atoms with Crippen molar-refractivity contribution in [2.75, 3.05) is 0 Å². The van der Waals surface area contributed by atoms with Crippen LogP contribution >= 0.6 is 24.0 Å². The van der Waals surface area contributed by atoms with Crippen LogP contribution in [-0.4, -0.2) is 30.6 Å². The Balaban J connectivity index is 2.03. The molecule has 1 heterocycles. The molecule has 1 aromatic carbocycles. The van der Waals surface area contributed by atoms with Gasteiger partial charge in [0.2, 0.25) is 5.91 Å². The van der Waals surface area contributed by atoms with E-state index in [9.17, 15) is 4.79 Å². The van der Waals surface area contributed by atoms with Gasteiger partial charge in [0.25, 0.3) is 0 Å².